The SMILES string of the molecule is C.C.C=C(C)C(=O)OCCOCCC[Si](C)(C)O[Si](C)(C)O[Si](C)(C)CCCC. The van der Waals surface area contributed by atoms with Crippen LogP contribution < -0.4 is 0 Å². The fraction of sp³-hybridized carbons (Fsp3) is 0.857. The number of rotatable bonds is 15. The Balaban J connectivity index is -0.00000338. The van der Waals surface area contributed by atoms with Gasteiger partial charge in [-0.25, -0.2) is 4.79 Å². The highest BCUT2D eigenvalue weighted by Gasteiger charge is 2.39. The molecule has 0 aromatic carbocycles. The summed E-state index contributed by atoms with van der Waals surface area (Å²) in [5.74, 6) is -0.363. The van der Waals surface area contributed by atoms with E-state index in [1.807, 2.05) is 0 Å². The molecule has 0 heterocycles. The first-order valence-corrected chi connectivity index (χ1v) is 19.2. The number of hydrogen-bond acceptors (Lipinski definition) is 5. The van der Waals surface area contributed by atoms with Crippen LogP contribution in [-0.4, -0.2) is 51.0 Å². The molecular weight excluding hydrogens is 416 g/mol. The Kier molecular flexibility index (Phi) is 17.9. The largest absolute Gasteiger partial charge is 0.460 e. The zero-order valence-corrected chi connectivity index (χ0v) is 21.9. The summed E-state index contributed by atoms with van der Waals surface area (Å²) in [6.07, 6.45) is 3.41. The fourth-order valence-electron chi connectivity index (χ4n) is 3.07. The van der Waals surface area contributed by atoms with Crippen molar-refractivity contribution in [3.8, 4) is 0 Å². The van der Waals surface area contributed by atoms with Crippen LogP contribution in [-0.2, 0) is 22.5 Å². The van der Waals surface area contributed by atoms with E-state index in [1.165, 1.54) is 18.9 Å². The minimum absolute atomic E-state index is 0. The number of carbonyl (C=O) groups is 1. The molecule has 0 saturated heterocycles. The zero-order chi connectivity index (χ0) is 21.1. The van der Waals surface area contributed by atoms with Gasteiger partial charge in [0.05, 0.1) is 6.61 Å². The van der Waals surface area contributed by atoms with Crippen LogP contribution in [0.4, 0.5) is 0 Å². The van der Waals surface area contributed by atoms with Crippen LogP contribution in [0.3, 0.4) is 0 Å². The van der Waals surface area contributed by atoms with E-state index in [1.54, 1.807) is 6.92 Å². The van der Waals surface area contributed by atoms with E-state index in [2.05, 4.69) is 52.8 Å². The fourth-order valence-corrected chi connectivity index (χ4v) is 17.3. The van der Waals surface area contributed by atoms with E-state index in [0.29, 0.717) is 18.8 Å². The van der Waals surface area contributed by atoms with E-state index >= 15 is 0 Å². The van der Waals surface area contributed by atoms with Gasteiger partial charge in [0.25, 0.3) is 0 Å². The van der Waals surface area contributed by atoms with Crippen molar-refractivity contribution >= 4 is 31.2 Å². The molecule has 0 saturated carbocycles. The van der Waals surface area contributed by atoms with Gasteiger partial charge in [0.2, 0.25) is 0 Å². The maximum atomic E-state index is 11.3. The van der Waals surface area contributed by atoms with Crippen molar-refractivity contribution in [2.24, 2.45) is 0 Å². The van der Waals surface area contributed by atoms with Crippen molar-refractivity contribution in [2.75, 3.05) is 19.8 Å². The highest BCUT2D eigenvalue weighted by Crippen LogP contribution is 2.26. The Bertz CT molecular complexity index is 465. The Morgan fingerprint density at radius 3 is 1.76 bits per heavy atom. The lowest BCUT2D eigenvalue weighted by molar-refractivity contribution is -0.140. The summed E-state index contributed by atoms with van der Waals surface area (Å²) in [5, 5.41) is 0. The molecule has 0 amide bonds. The topological polar surface area (TPSA) is 54.0 Å². The quantitative estimate of drug-likeness (QED) is 0.116. The van der Waals surface area contributed by atoms with Crippen LogP contribution in [0.5, 0.6) is 0 Å². The molecule has 176 valence electrons. The van der Waals surface area contributed by atoms with Crippen molar-refractivity contribution in [3.05, 3.63) is 12.2 Å². The summed E-state index contributed by atoms with van der Waals surface area (Å²) >= 11 is 0. The Morgan fingerprint density at radius 2 is 1.31 bits per heavy atom. The van der Waals surface area contributed by atoms with E-state index < -0.39 is 25.2 Å². The van der Waals surface area contributed by atoms with E-state index in [9.17, 15) is 4.79 Å². The molecule has 0 aliphatic carbocycles. The van der Waals surface area contributed by atoms with Crippen LogP contribution in [0.25, 0.3) is 0 Å². The molecule has 8 heteroatoms. The highest BCUT2D eigenvalue weighted by molar-refractivity contribution is 6.87. The molecule has 5 nitrogen and oxygen atoms in total. The van der Waals surface area contributed by atoms with Gasteiger partial charge in [0.1, 0.15) is 6.61 Å². The van der Waals surface area contributed by atoms with Crippen molar-refractivity contribution in [3.63, 3.8) is 0 Å². The van der Waals surface area contributed by atoms with Gasteiger partial charge in [0.15, 0.2) is 16.6 Å². The third kappa shape index (κ3) is 18.2. The van der Waals surface area contributed by atoms with Gasteiger partial charge in [-0.1, -0.05) is 41.2 Å². The predicted octanol–water partition coefficient (Wildman–Crippen LogP) is 6.73. The molecule has 29 heavy (non-hydrogen) atoms. The molecular formula is C21H50O5Si3. The van der Waals surface area contributed by atoms with Gasteiger partial charge < -0.3 is 17.7 Å². The van der Waals surface area contributed by atoms with Gasteiger partial charge in [0, 0.05) is 12.2 Å². The first-order chi connectivity index (χ1) is 12.3. The molecule has 0 aliphatic heterocycles. The van der Waals surface area contributed by atoms with Gasteiger partial charge in [-0.05, 0) is 64.7 Å². The van der Waals surface area contributed by atoms with Crippen LogP contribution in [0.15, 0.2) is 12.2 Å². The molecule has 0 aliphatic rings. The summed E-state index contributed by atoms with van der Waals surface area (Å²) in [6, 6.07) is 2.24. The zero-order valence-electron chi connectivity index (χ0n) is 18.9. The third-order valence-electron chi connectivity index (χ3n) is 4.05. The van der Waals surface area contributed by atoms with E-state index in [-0.39, 0.29) is 27.4 Å². The number of hydrogen-bond donors (Lipinski definition) is 0. The van der Waals surface area contributed by atoms with Crippen LogP contribution in [0.2, 0.25) is 51.4 Å². The van der Waals surface area contributed by atoms with Crippen molar-refractivity contribution in [2.45, 2.75) is 99.3 Å². The Hall–Kier alpha value is -0.259. The lowest BCUT2D eigenvalue weighted by atomic mass is 10.4. The molecule has 0 radical (unpaired) electrons. The van der Waals surface area contributed by atoms with Crippen LogP contribution in [0, 0.1) is 0 Å². The van der Waals surface area contributed by atoms with Crippen molar-refractivity contribution in [1.82, 2.24) is 0 Å². The van der Waals surface area contributed by atoms with E-state index in [0.717, 1.165) is 12.5 Å². The maximum absolute atomic E-state index is 11.3. The normalized spacial score (nSPS) is 12.0. The number of unbranched alkanes of at least 4 members (excludes halogenated alkanes) is 1. The highest BCUT2D eigenvalue weighted by atomic mass is 28.5. The molecule has 0 atom stereocenters. The first kappa shape index (κ1) is 33.4. The number of carbonyl (C=O) groups excluding carboxylic acids is 1. The molecule has 0 spiro atoms. The van der Waals surface area contributed by atoms with Crippen molar-refractivity contribution in [1.29, 1.82) is 0 Å². The Morgan fingerprint density at radius 1 is 0.828 bits per heavy atom. The van der Waals surface area contributed by atoms with Crippen LogP contribution in [0.1, 0.15) is 48.0 Å². The number of esters is 1. The molecule has 0 N–H and O–H groups in total. The first-order valence-electron chi connectivity index (χ1n) is 10.1. The minimum atomic E-state index is -2.11. The van der Waals surface area contributed by atoms with Gasteiger partial charge in [-0.15, -0.1) is 0 Å². The molecule has 0 bridgehead atoms. The van der Waals surface area contributed by atoms with Gasteiger partial charge in [-0.3, -0.25) is 0 Å². The smallest absolute Gasteiger partial charge is 0.333 e. The lowest BCUT2D eigenvalue weighted by Crippen LogP contribution is -2.52. The second-order valence-electron chi connectivity index (χ2n) is 8.86. The predicted molar refractivity (Wildman–Crippen MR) is 134 cm³/mol. The summed E-state index contributed by atoms with van der Waals surface area (Å²) in [6.45, 7) is 22.3. The maximum Gasteiger partial charge on any atom is 0.333 e. The second-order valence-corrected chi connectivity index (χ2v) is 21.3. The summed E-state index contributed by atoms with van der Waals surface area (Å²) < 4.78 is 23.7. The molecule has 0 fully saturated rings. The average Bonchev–Trinajstić information content (AvgIpc) is 2.49. The molecule has 0 unspecified atom stereocenters. The van der Waals surface area contributed by atoms with Crippen LogP contribution >= 0.6 is 0 Å². The molecule has 0 aromatic heterocycles. The summed E-state index contributed by atoms with van der Waals surface area (Å²) in [7, 11) is -5.54. The Labute approximate surface area is 185 Å². The number of ether oxygens (including phenoxy) is 2. The molecule has 0 aromatic rings. The average molecular weight is 467 g/mol. The summed E-state index contributed by atoms with van der Waals surface area (Å²) in [4.78, 5) is 11.3. The lowest BCUT2D eigenvalue weighted by Gasteiger charge is -2.38. The standard InChI is InChI=1S/C19H42O5Si3.2CH4/c1-10-11-16-25(4,5)23-27(8,9)24-26(6,7)17-12-13-21-14-15-22-19(20)18(2)3;;/h2,10-17H2,1,3-9H3;2*1H4. The summed E-state index contributed by atoms with van der Waals surface area (Å²) in [5.41, 5.74) is 0.412. The monoisotopic (exact) mass is 466 g/mol. The molecule has 0 rings (SSSR count). The third-order valence-corrected chi connectivity index (χ3v) is 15.5. The van der Waals surface area contributed by atoms with E-state index in [4.69, 9.17) is 17.7 Å². The van der Waals surface area contributed by atoms with Gasteiger partial charge in [-0.2, -0.15) is 0 Å². The van der Waals surface area contributed by atoms with Crippen molar-refractivity contribution < 1.29 is 22.5 Å². The van der Waals surface area contributed by atoms with Gasteiger partial charge >= 0.3 is 14.5 Å². The minimum Gasteiger partial charge on any atom is -0.460 e. The second kappa shape index (κ2) is 15.5.